The fourth-order valence-electron chi connectivity index (χ4n) is 2.16. The van der Waals surface area contributed by atoms with Gasteiger partial charge in [0.25, 0.3) is 0 Å². The zero-order valence-corrected chi connectivity index (χ0v) is 9.02. The van der Waals surface area contributed by atoms with E-state index in [1.807, 2.05) is 24.4 Å². The van der Waals surface area contributed by atoms with Crippen LogP contribution in [0.15, 0.2) is 36.5 Å². The number of nitrogens with one attached hydrogen (secondary N) is 1. The van der Waals surface area contributed by atoms with Crippen molar-refractivity contribution >= 4 is 10.9 Å². The van der Waals surface area contributed by atoms with Crippen LogP contribution in [0.25, 0.3) is 10.9 Å². The van der Waals surface area contributed by atoms with Crippen LogP contribution in [0.4, 0.5) is 0 Å². The van der Waals surface area contributed by atoms with Gasteiger partial charge >= 0.3 is 0 Å². The van der Waals surface area contributed by atoms with Gasteiger partial charge in [0.2, 0.25) is 0 Å². The van der Waals surface area contributed by atoms with Crippen LogP contribution in [-0.2, 0) is 4.74 Å². The highest BCUT2D eigenvalue weighted by Gasteiger charge is 2.17. The molecule has 1 atom stereocenters. The second kappa shape index (κ2) is 4.20. The third kappa shape index (κ3) is 1.68. The quantitative estimate of drug-likeness (QED) is 0.787. The summed E-state index contributed by atoms with van der Waals surface area (Å²) in [5.41, 5.74) is 2.27. The molecule has 0 saturated carbocycles. The van der Waals surface area contributed by atoms with Gasteiger partial charge in [-0.05, 0) is 17.7 Å². The predicted molar refractivity (Wildman–Crippen MR) is 63.3 cm³/mol. The van der Waals surface area contributed by atoms with Gasteiger partial charge in [-0.25, -0.2) is 0 Å². The van der Waals surface area contributed by atoms with Gasteiger partial charge in [-0.3, -0.25) is 4.98 Å². The Labute approximate surface area is 94.5 Å². The molecular weight excluding hydrogens is 200 g/mol. The fraction of sp³-hybridized carbons (Fsp3) is 0.308. The molecule has 1 fully saturated rings. The molecule has 3 nitrogen and oxygen atoms in total. The van der Waals surface area contributed by atoms with E-state index < -0.39 is 0 Å². The van der Waals surface area contributed by atoms with E-state index in [4.69, 9.17) is 4.74 Å². The lowest BCUT2D eigenvalue weighted by atomic mass is 10.0. The Morgan fingerprint density at radius 2 is 2.19 bits per heavy atom. The summed E-state index contributed by atoms with van der Waals surface area (Å²) in [6.07, 6.45) is 2.01. The van der Waals surface area contributed by atoms with Gasteiger partial charge in [-0.1, -0.05) is 18.2 Å². The summed E-state index contributed by atoms with van der Waals surface area (Å²) < 4.78 is 5.78. The van der Waals surface area contributed by atoms with E-state index in [0.717, 1.165) is 25.2 Å². The first kappa shape index (κ1) is 9.75. The van der Waals surface area contributed by atoms with Gasteiger partial charge in [0.05, 0.1) is 18.2 Å². The number of ether oxygens (including phenoxy) is 1. The van der Waals surface area contributed by atoms with Gasteiger partial charge in [-0.2, -0.15) is 0 Å². The lowest BCUT2D eigenvalue weighted by Crippen LogP contribution is -2.33. The highest BCUT2D eigenvalue weighted by atomic mass is 16.5. The van der Waals surface area contributed by atoms with E-state index in [2.05, 4.69) is 22.4 Å². The summed E-state index contributed by atoms with van der Waals surface area (Å²) in [4.78, 5) is 4.36. The van der Waals surface area contributed by atoms with Crippen LogP contribution >= 0.6 is 0 Å². The number of aromatic nitrogens is 1. The topological polar surface area (TPSA) is 34.1 Å². The van der Waals surface area contributed by atoms with Crippen molar-refractivity contribution in [2.75, 3.05) is 19.7 Å². The number of hydrogen-bond acceptors (Lipinski definition) is 3. The summed E-state index contributed by atoms with van der Waals surface area (Å²) in [6, 6.07) is 10.3. The minimum Gasteiger partial charge on any atom is -0.371 e. The first-order valence-corrected chi connectivity index (χ1v) is 5.61. The Morgan fingerprint density at radius 1 is 1.25 bits per heavy atom. The molecule has 2 aromatic rings. The zero-order chi connectivity index (χ0) is 10.8. The van der Waals surface area contributed by atoms with Crippen LogP contribution in [0, 0.1) is 0 Å². The van der Waals surface area contributed by atoms with Crippen molar-refractivity contribution in [2.45, 2.75) is 6.10 Å². The van der Waals surface area contributed by atoms with Crippen molar-refractivity contribution in [3.8, 4) is 0 Å². The molecule has 0 bridgehead atoms. The molecule has 16 heavy (non-hydrogen) atoms. The average Bonchev–Trinajstić information content (AvgIpc) is 2.39. The van der Waals surface area contributed by atoms with Gasteiger partial charge in [-0.15, -0.1) is 0 Å². The standard InChI is InChI=1S/C13H14N2O/c1-2-4-12-10(3-1)11(5-6-15-12)13-9-14-7-8-16-13/h1-6,13-14H,7-9H2. The maximum absolute atomic E-state index is 5.78. The summed E-state index contributed by atoms with van der Waals surface area (Å²) in [5.74, 6) is 0. The molecule has 82 valence electrons. The molecular formula is C13H14N2O. The van der Waals surface area contributed by atoms with Crippen LogP contribution in [0.5, 0.6) is 0 Å². The van der Waals surface area contributed by atoms with Crippen LogP contribution < -0.4 is 5.32 Å². The van der Waals surface area contributed by atoms with Crippen molar-refractivity contribution in [3.63, 3.8) is 0 Å². The molecule has 1 aliphatic heterocycles. The fourth-order valence-corrected chi connectivity index (χ4v) is 2.16. The monoisotopic (exact) mass is 214 g/mol. The van der Waals surface area contributed by atoms with Crippen molar-refractivity contribution in [2.24, 2.45) is 0 Å². The Hall–Kier alpha value is -1.45. The normalized spacial score (nSPS) is 21.1. The van der Waals surface area contributed by atoms with E-state index in [1.54, 1.807) is 0 Å². The third-order valence-electron chi connectivity index (χ3n) is 2.96. The minimum atomic E-state index is 0.154. The summed E-state index contributed by atoms with van der Waals surface area (Å²) in [6.45, 7) is 2.61. The van der Waals surface area contributed by atoms with Crippen molar-refractivity contribution in [3.05, 3.63) is 42.1 Å². The number of fused-ring (bicyclic) bond motifs is 1. The van der Waals surface area contributed by atoms with E-state index >= 15 is 0 Å². The van der Waals surface area contributed by atoms with E-state index in [1.165, 1.54) is 10.9 Å². The Balaban J connectivity index is 2.08. The maximum Gasteiger partial charge on any atom is 0.0956 e. The first-order chi connectivity index (χ1) is 7.95. The molecule has 3 rings (SSSR count). The van der Waals surface area contributed by atoms with Crippen LogP contribution in [-0.4, -0.2) is 24.7 Å². The Bertz CT molecular complexity index is 487. The highest BCUT2D eigenvalue weighted by Crippen LogP contribution is 2.25. The summed E-state index contributed by atoms with van der Waals surface area (Å²) in [7, 11) is 0. The molecule has 1 aromatic heterocycles. The Kier molecular flexibility index (Phi) is 2.56. The van der Waals surface area contributed by atoms with Crippen LogP contribution in [0.1, 0.15) is 11.7 Å². The van der Waals surface area contributed by atoms with Crippen LogP contribution in [0.3, 0.4) is 0 Å². The molecule has 2 heterocycles. The second-order valence-corrected chi connectivity index (χ2v) is 3.98. The molecule has 0 radical (unpaired) electrons. The van der Waals surface area contributed by atoms with E-state index in [9.17, 15) is 0 Å². The SMILES string of the molecule is c1ccc2c(C3CNCCO3)ccnc2c1. The smallest absolute Gasteiger partial charge is 0.0956 e. The van der Waals surface area contributed by atoms with Gasteiger partial charge in [0.1, 0.15) is 0 Å². The molecule has 1 aromatic carbocycles. The van der Waals surface area contributed by atoms with Crippen molar-refractivity contribution in [1.82, 2.24) is 10.3 Å². The number of hydrogen-bond donors (Lipinski definition) is 1. The number of rotatable bonds is 1. The molecule has 1 saturated heterocycles. The largest absolute Gasteiger partial charge is 0.371 e. The van der Waals surface area contributed by atoms with Crippen molar-refractivity contribution < 1.29 is 4.74 Å². The predicted octanol–water partition coefficient (Wildman–Crippen LogP) is 1.90. The number of pyridine rings is 1. The molecule has 1 aliphatic rings. The second-order valence-electron chi connectivity index (χ2n) is 3.98. The number of benzene rings is 1. The van der Waals surface area contributed by atoms with Gasteiger partial charge in [0.15, 0.2) is 0 Å². The van der Waals surface area contributed by atoms with Gasteiger partial charge < -0.3 is 10.1 Å². The number of para-hydroxylation sites is 1. The molecule has 0 spiro atoms. The maximum atomic E-state index is 5.78. The Morgan fingerprint density at radius 3 is 3.06 bits per heavy atom. The molecule has 1 unspecified atom stereocenters. The molecule has 0 aliphatic carbocycles. The molecule has 3 heteroatoms. The lowest BCUT2D eigenvalue weighted by molar-refractivity contribution is 0.0286. The number of morpholine rings is 1. The van der Waals surface area contributed by atoms with Crippen molar-refractivity contribution in [1.29, 1.82) is 0 Å². The molecule has 1 N–H and O–H groups in total. The highest BCUT2D eigenvalue weighted by molar-refractivity contribution is 5.82. The van der Waals surface area contributed by atoms with Gasteiger partial charge in [0, 0.05) is 24.7 Å². The third-order valence-corrected chi connectivity index (χ3v) is 2.96. The van der Waals surface area contributed by atoms with Crippen LogP contribution in [0.2, 0.25) is 0 Å². The lowest BCUT2D eigenvalue weighted by Gasteiger charge is -2.24. The summed E-state index contributed by atoms with van der Waals surface area (Å²) in [5, 5.41) is 4.55. The average molecular weight is 214 g/mol. The zero-order valence-electron chi connectivity index (χ0n) is 9.02. The number of nitrogens with zero attached hydrogens (tertiary/aromatic N) is 1. The van der Waals surface area contributed by atoms with E-state index in [-0.39, 0.29) is 6.10 Å². The first-order valence-electron chi connectivity index (χ1n) is 5.61. The molecule has 0 amide bonds. The van der Waals surface area contributed by atoms with E-state index in [0.29, 0.717) is 0 Å². The minimum absolute atomic E-state index is 0.154. The summed E-state index contributed by atoms with van der Waals surface area (Å²) >= 11 is 0.